The second-order valence-corrected chi connectivity index (χ2v) is 4.83. The Morgan fingerprint density at radius 3 is 2.90 bits per heavy atom. The largest absolute Gasteiger partial charge is 0.416 e. The van der Waals surface area contributed by atoms with Gasteiger partial charge in [0, 0.05) is 24.1 Å². The average Bonchev–Trinajstić information content (AvgIpc) is 2.93. The standard InChI is InChI=1S/C14H11F3N2O2/c15-14(16,17)11-3-1-2-9(6-11)13(20)19-5-4-12-10(8-19)7-18-21-12/h1-3,6-7H,4-5,8H2. The van der Waals surface area contributed by atoms with E-state index in [9.17, 15) is 18.0 Å². The molecule has 7 heteroatoms. The fourth-order valence-electron chi connectivity index (χ4n) is 2.33. The van der Waals surface area contributed by atoms with Crippen LogP contribution in [0.5, 0.6) is 0 Å². The maximum atomic E-state index is 12.7. The van der Waals surface area contributed by atoms with Crippen molar-refractivity contribution in [2.45, 2.75) is 19.1 Å². The van der Waals surface area contributed by atoms with Gasteiger partial charge in [-0.25, -0.2) is 0 Å². The second kappa shape index (κ2) is 4.91. The molecule has 0 saturated heterocycles. The van der Waals surface area contributed by atoms with Gasteiger partial charge in [-0.1, -0.05) is 11.2 Å². The molecule has 0 bridgehead atoms. The highest BCUT2D eigenvalue weighted by Gasteiger charge is 2.32. The number of benzene rings is 1. The molecule has 0 atom stereocenters. The topological polar surface area (TPSA) is 46.3 Å². The third-order valence-electron chi connectivity index (χ3n) is 3.42. The van der Waals surface area contributed by atoms with E-state index in [1.807, 2.05) is 0 Å². The number of carbonyl (C=O) groups is 1. The minimum Gasteiger partial charge on any atom is -0.361 e. The zero-order valence-corrected chi connectivity index (χ0v) is 10.9. The Bertz CT molecular complexity index is 679. The van der Waals surface area contributed by atoms with Gasteiger partial charge in [0.25, 0.3) is 5.91 Å². The van der Waals surface area contributed by atoms with Crippen LogP contribution in [0.25, 0.3) is 0 Å². The summed E-state index contributed by atoms with van der Waals surface area (Å²) in [5, 5.41) is 3.66. The van der Waals surface area contributed by atoms with Crippen molar-refractivity contribution in [2.24, 2.45) is 0 Å². The summed E-state index contributed by atoms with van der Waals surface area (Å²) in [7, 11) is 0. The molecular weight excluding hydrogens is 285 g/mol. The smallest absolute Gasteiger partial charge is 0.361 e. The molecule has 0 spiro atoms. The minimum atomic E-state index is -4.46. The molecule has 21 heavy (non-hydrogen) atoms. The number of halogens is 3. The Morgan fingerprint density at radius 1 is 1.33 bits per heavy atom. The third kappa shape index (κ3) is 2.63. The van der Waals surface area contributed by atoms with Crippen LogP contribution >= 0.6 is 0 Å². The highest BCUT2D eigenvalue weighted by atomic mass is 19.4. The number of nitrogens with zero attached hydrogens (tertiary/aromatic N) is 2. The summed E-state index contributed by atoms with van der Waals surface area (Å²) in [6.07, 6.45) is -2.42. The van der Waals surface area contributed by atoms with E-state index in [4.69, 9.17) is 4.52 Å². The molecule has 0 radical (unpaired) electrons. The molecular formula is C14H11F3N2O2. The monoisotopic (exact) mass is 296 g/mol. The zero-order valence-electron chi connectivity index (χ0n) is 10.9. The van der Waals surface area contributed by atoms with Crippen molar-refractivity contribution in [3.63, 3.8) is 0 Å². The van der Waals surface area contributed by atoms with Gasteiger partial charge in [0.05, 0.1) is 18.3 Å². The fraction of sp³-hybridized carbons (Fsp3) is 0.286. The normalized spacial score (nSPS) is 14.9. The van der Waals surface area contributed by atoms with Crippen LogP contribution in [0.2, 0.25) is 0 Å². The predicted octanol–water partition coefficient (Wildman–Crippen LogP) is 2.89. The van der Waals surface area contributed by atoms with Crippen molar-refractivity contribution in [1.29, 1.82) is 0 Å². The van der Waals surface area contributed by atoms with E-state index >= 15 is 0 Å². The molecule has 4 nitrogen and oxygen atoms in total. The Morgan fingerprint density at radius 2 is 2.14 bits per heavy atom. The molecule has 0 fully saturated rings. The highest BCUT2D eigenvalue weighted by Crippen LogP contribution is 2.30. The first-order valence-corrected chi connectivity index (χ1v) is 6.34. The molecule has 0 N–H and O–H groups in total. The van der Waals surface area contributed by atoms with Gasteiger partial charge in [-0.05, 0) is 18.2 Å². The molecule has 2 heterocycles. The van der Waals surface area contributed by atoms with E-state index in [1.54, 1.807) is 0 Å². The lowest BCUT2D eigenvalue weighted by molar-refractivity contribution is -0.137. The van der Waals surface area contributed by atoms with Gasteiger partial charge in [0.1, 0.15) is 5.76 Å². The number of hydrogen-bond donors (Lipinski definition) is 0. The van der Waals surface area contributed by atoms with E-state index < -0.39 is 17.6 Å². The van der Waals surface area contributed by atoms with Crippen LogP contribution in [0.3, 0.4) is 0 Å². The van der Waals surface area contributed by atoms with Crippen LogP contribution in [0.1, 0.15) is 27.2 Å². The molecule has 1 aliphatic rings. The van der Waals surface area contributed by atoms with E-state index in [0.29, 0.717) is 19.5 Å². The van der Waals surface area contributed by atoms with Gasteiger partial charge in [-0.15, -0.1) is 0 Å². The van der Waals surface area contributed by atoms with Crippen molar-refractivity contribution in [2.75, 3.05) is 6.54 Å². The SMILES string of the molecule is O=C(c1cccc(C(F)(F)F)c1)N1CCc2oncc2C1. The van der Waals surface area contributed by atoms with E-state index in [0.717, 1.165) is 23.5 Å². The number of fused-ring (bicyclic) bond motifs is 1. The molecule has 0 saturated carbocycles. The third-order valence-corrected chi connectivity index (χ3v) is 3.42. The number of carbonyl (C=O) groups excluding carboxylic acids is 1. The van der Waals surface area contributed by atoms with E-state index in [1.165, 1.54) is 23.2 Å². The van der Waals surface area contributed by atoms with Crippen molar-refractivity contribution < 1.29 is 22.5 Å². The van der Waals surface area contributed by atoms with Crippen molar-refractivity contribution in [1.82, 2.24) is 10.1 Å². The number of alkyl halides is 3. The number of hydrogen-bond acceptors (Lipinski definition) is 3. The molecule has 0 aliphatic carbocycles. The van der Waals surface area contributed by atoms with Crippen LogP contribution in [0.4, 0.5) is 13.2 Å². The van der Waals surface area contributed by atoms with Crippen molar-refractivity contribution in [3.05, 3.63) is 52.9 Å². The quantitative estimate of drug-likeness (QED) is 0.813. The lowest BCUT2D eigenvalue weighted by Crippen LogP contribution is -2.35. The summed E-state index contributed by atoms with van der Waals surface area (Å²) in [6.45, 7) is 0.700. The van der Waals surface area contributed by atoms with Gasteiger partial charge >= 0.3 is 6.18 Å². The first kappa shape index (κ1) is 13.7. The minimum absolute atomic E-state index is 0.0322. The van der Waals surface area contributed by atoms with Gasteiger partial charge < -0.3 is 9.42 Å². The summed E-state index contributed by atoms with van der Waals surface area (Å²) in [4.78, 5) is 13.8. The molecule has 110 valence electrons. The molecule has 1 aromatic heterocycles. The molecule has 1 aromatic carbocycles. The lowest BCUT2D eigenvalue weighted by Gasteiger charge is -2.26. The number of rotatable bonds is 1. The summed E-state index contributed by atoms with van der Waals surface area (Å²) in [5.74, 6) is 0.302. The Balaban J connectivity index is 1.83. The molecule has 0 unspecified atom stereocenters. The summed E-state index contributed by atoms with van der Waals surface area (Å²) >= 11 is 0. The maximum absolute atomic E-state index is 12.7. The molecule has 3 rings (SSSR count). The number of amides is 1. The summed E-state index contributed by atoms with van der Waals surface area (Å²) in [6, 6.07) is 4.46. The average molecular weight is 296 g/mol. The lowest BCUT2D eigenvalue weighted by atomic mass is 10.1. The van der Waals surface area contributed by atoms with Crippen molar-refractivity contribution in [3.8, 4) is 0 Å². The van der Waals surface area contributed by atoms with Crippen LogP contribution in [-0.2, 0) is 19.1 Å². The van der Waals surface area contributed by atoms with Crippen LogP contribution in [0.15, 0.2) is 35.0 Å². The fourth-order valence-corrected chi connectivity index (χ4v) is 2.33. The van der Waals surface area contributed by atoms with Crippen LogP contribution in [0, 0.1) is 0 Å². The van der Waals surface area contributed by atoms with Crippen LogP contribution < -0.4 is 0 Å². The van der Waals surface area contributed by atoms with Gasteiger partial charge in [-0.3, -0.25) is 4.79 Å². The van der Waals surface area contributed by atoms with Crippen molar-refractivity contribution >= 4 is 5.91 Å². The Hall–Kier alpha value is -2.31. The van der Waals surface area contributed by atoms with E-state index in [2.05, 4.69) is 5.16 Å². The maximum Gasteiger partial charge on any atom is 0.416 e. The summed E-state index contributed by atoms with van der Waals surface area (Å²) in [5.41, 5.74) is 0.00216. The first-order chi connectivity index (χ1) is 9.95. The van der Waals surface area contributed by atoms with E-state index in [-0.39, 0.29) is 5.56 Å². The zero-order chi connectivity index (χ0) is 15.0. The predicted molar refractivity (Wildman–Crippen MR) is 66.4 cm³/mol. The highest BCUT2D eigenvalue weighted by molar-refractivity contribution is 5.94. The van der Waals surface area contributed by atoms with Crippen LogP contribution in [-0.4, -0.2) is 22.5 Å². The molecule has 1 aliphatic heterocycles. The summed E-state index contributed by atoms with van der Waals surface area (Å²) < 4.78 is 43.1. The molecule has 2 aromatic rings. The van der Waals surface area contributed by atoms with Gasteiger partial charge in [0.15, 0.2) is 0 Å². The molecule has 1 amide bonds. The van der Waals surface area contributed by atoms with Gasteiger partial charge in [-0.2, -0.15) is 13.2 Å². The first-order valence-electron chi connectivity index (χ1n) is 6.34. The van der Waals surface area contributed by atoms with Gasteiger partial charge in [0.2, 0.25) is 0 Å². The Kier molecular flexibility index (Phi) is 3.19. The Labute approximate surface area is 118 Å². The second-order valence-electron chi connectivity index (χ2n) is 4.83. The number of aromatic nitrogens is 1.